The Morgan fingerprint density at radius 1 is 0.783 bits per heavy atom. The second kappa shape index (κ2) is 25.0. The third-order valence-corrected chi connectivity index (χ3v) is 19.5. The zero-order chi connectivity index (χ0) is 58.0. The lowest BCUT2D eigenvalue weighted by Crippen LogP contribution is -2.78. The molecule has 4 aliphatic carbocycles. The Morgan fingerprint density at radius 2 is 1.45 bits per heavy atom. The SMILES string of the molecule is CC(C)c1nnc(CCNC(=O)COCC(=O)NCCCNC(=O)COCC(=O)NC2CC[C@@]3(O)[C@H]4Cc5ccc(O)c6c5[C@@]3(CCN4CC3CC3)[C@H]2O6)n1C1CC2CCC(C1)N2CC[C@H](NC(=O)C1CCC(F)(F)CC1)c1ccccc1. The number of phenols is 1. The number of carbonyl (C=O) groups excluding carboxylic acids is 5. The third kappa shape index (κ3) is 12.6. The summed E-state index contributed by atoms with van der Waals surface area (Å²) >= 11 is 0. The third-order valence-electron chi connectivity index (χ3n) is 19.5. The summed E-state index contributed by atoms with van der Waals surface area (Å²) in [6.45, 7) is 6.29. The summed E-state index contributed by atoms with van der Waals surface area (Å²) in [4.78, 5) is 69.6. The van der Waals surface area contributed by atoms with Crippen molar-refractivity contribution in [3.8, 4) is 11.5 Å². The predicted molar refractivity (Wildman–Crippen MR) is 300 cm³/mol. The molecule has 83 heavy (non-hydrogen) atoms. The van der Waals surface area contributed by atoms with Gasteiger partial charge in [0.05, 0.1) is 23.1 Å². The lowest BCUT2D eigenvalue weighted by atomic mass is 9.48. The van der Waals surface area contributed by atoms with E-state index in [4.69, 9.17) is 14.2 Å². The highest BCUT2D eigenvalue weighted by atomic mass is 19.3. The van der Waals surface area contributed by atoms with Gasteiger partial charge in [0.1, 0.15) is 44.2 Å². The number of halogens is 2. The number of ether oxygens (including phenoxy) is 3. The molecule has 5 amide bonds. The normalized spacial score (nSPS) is 28.2. The van der Waals surface area contributed by atoms with Crippen molar-refractivity contribution in [1.29, 1.82) is 0 Å². The monoisotopic (exact) mass is 1150 g/mol. The Labute approximate surface area is 484 Å². The molecule has 3 unspecified atom stereocenters. The summed E-state index contributed by atoms with van der Waals surface area (Å²) < 4.78 is 47.5. The van der Waals surface area contributed by atoms with Crippen LogP contribution in [-0.2, 0) is 51.7 Å². The topological polar surface area (TPSA) is 251 Å². The number of aliphatic hydroxyl groups is 1. The van der Waals surface area contributed by atoms with Crippen LogP contribution in [0.2, 0.25) is 0 Å². The summed E-state index contributed by atoms with van der Waals surface area (Å²) in [5, 5.41) is 47.5. The summed E-state index contributed by atoms with van der Waals surface area (Å²) in [5.74, 6) is -1.85. The fourth-order valence-electron chi connectivity index (χ4n) is 15.4. The Hall–Kier alpha value is -5.81. The minimum absolute atomic E-state index is 0.0390. The van der Waals surface area contributed by atoms with Gasteiger partial charge >= 0.3 is 0 Å². The summed E-state index contributed by atoms with van der Waals surface area (Å²) in [6.07, 6.45) is 9.68. The largest absolute Gasteiger partial charge is 0.504 e. The molecular formula is C61H84F2N10O10. The van der Waals surface area contributed by atoms with E-state index in [0.29, 0.717) is 75.2 Å². The number of nitrogens with zero attached hydrogens (tertiary/aromatic N) is 5. The molecule has 8 atom stereocenters. The van der Waals surface area contributed by atoms with Gasteiger partial charge in [-0.3, -0.25) is 33.8 Å². The number of aromatic nitrogens is 3. The van der Waals surface area contributed by atoms with Crippen molar-refractivity contribution in [3.63, 3.8) is 0 Å². The number of aromatic hydroxyl groups is 1. The highest BCUT2D eigenvalue weighted by molar-refractivity contribution is 5.81. The quantitative estimate of drug-likeness (QED) is 0.0551. The standard InChI is InChI=1S/C61H84F2N10O10/c1-37(2)57-70-69-49(73(57)44-30-42-12-13-43(31-44)72(42)27-19-45(39-7-4-3-5-8-39)68-58(79)40-15-20-59(62,63)21-16-40)18-26-66-52(77)35-81-33-50(75)64-24-6-25-65-51(76)34-82-36-53(78)67-46-17-22-61(80)48-29-41-11-14-47(74)55-54(41)60(61,56(46)83-55)23-28-71(48)32-38-9-10-38/h3-5,7-8,11,14,37-38,40,42-46,48,56,74,80H,6,9-10,12-13,15-36H2,1-2H3,(H,64,75)(H,65,76)(H,66,77)(H,67,78)(H,68,79)/t42?,43?,44?,45-,46?,48+,56-,60-,61+/m0/s1. The van der Waals surface area contributed by atoms with Crippen molar-refractivity contribution in [1.82, 2.24) is 51.1 Å². The molecular weight excluding hydrogens is 1070 g/mol. The molecule has 8 aliphatic rings. The van der Waals surface area contributed by atoms with Crippen LogP contribution in [0.3, 0.4) is 0 Å². The zero-order valence-electron chi connectivity index (χ0n) is 48.1. The van der Waals surface area contributed by atoms with Crippen molar-refractivity contribution < 1.29 is 57.2 Å². The van der Waals surface area contributed by atoms with Crippen LogP contribution < -0.4 is 31.3 Å². The van der Waals surface area contributed by atoms with Gasteiger partial charge in [0.25, 0.3) is 0 Å². The first-order valence-electron chi connectivity index (χ1n) is 30.7. The molecule has 4 aliphatic heterocycles. The van der Waals surface area contributed by atoms with Gasteiger partial charge in [-0.15, -0.1) is 10.2 Å². The fourth-order valence-corrected chi connectivity index (χ4v) is 15.4. The maximum atomic E-state index is 13.9. The van der Waals surface area contributed by atoms with Crippen LogP contribution in [0.4, 0.5) is 8.78 Å². The number of benzene rings is 2. The van der Waals surface area contributed by atoms with Crippen LogP contribution in [0.15, 0.2) is 42.5 Å². The molecule has 20 nitrogen and oxygen atoms in total. The summed E-state index contributed by atoms with van der Waals surface area (Å²) in [6, 6.07) is 13.7. The predicted octanol–water partition coefficient (Wildman–Crippen LogP) is 4.41. The van der Waals surface area contributed by atoms with E-state index in [1.807, 2.05) is 36.4 Å². The number of nitrogens with one attached hydrogen (secondary N) is 5. The summed E-state index contributed by atoms with van der Waals surface area (Å²) in [5.41, 5.74) is 1.16. The molecule has 7 N–H and O–H groups in total. The maximum absolute atomic E-state index is 13.9. The Bertz CT molecular complexity index is 2810. The van der Waals surface area contributed by atoms with Crippen molar-refractivity contribution in [3.05, 3.63) is 70.8 Å². The molecule has 2 aromatic carbocycles. The van der Waals surface area contributed by atoms with E-state index in [-0.39, 0.29) is 107 Å². The van der Waals surface area contributed by atoms with Crippen molar-refractivity contribution in [2.75, 3.05) is 65.7 Å². The van der Waals surface area contributed by atoms with Gasteiger partial charge in [-0.2, -0.15) is 0 Å². The highest BCUT2D eigenvalue weighted by Gasteiger charge is 2.73. The summed E-state index contributed by atoms with van der Waals surface area (Å²) in [7, 11) is 0. The van der Waals surface area contributed by atoms with Crippen LogP contribution >= 0.6 is 0 Å². The van der Waals surface area contributed by atoms with Gasteiger partial charge in [0.2, 0.25) is 35.5 Å². The fraction of sp³-hybridized carbons (Fsp3) is 0.689. The number of alkyl halides is 2. The molecule has 3 saturated carbocycles. The van der Waals surface area contributed by atoms with Gasteiger partial charge in [0.15, 0.2) is 11.5 Å². The first kappa shape index (κ1) is 58.9. The van der Waals surface area contributed by atoms with Gasteiger partial charge in [0, 0.05) is 93.6 Å². The number of hydrogen-bond acceptors (Lipinski definition) is 14. The molecule has 4 bridgehead atoms. The molecule has 5 heterocycles. The zero-order valence-corrected chi connectivity index (χ0v) is 48.1. The number of hydrogen-bond donors (Lipinski definition) is 7. The second-order valence-corrected chi connectivity index (χ2v) is 25.3. The van der Waals surface area contributed by atoms with Crippen LogP contribution in [0.5, 0.6) is 11.5 Å². The molecule has 452 valence electrons. The average Bonchev–Trinajstić information content (AvgIpc) is 2.08. The molecule has 3 aromatic rings. The molecule has 3 saturated heterocycles. The number of fused-ring (bicyclic) bond motifs is 2. The molecule has 22 heteroatoms. The average molecular weight is 1160 g/mol. The second-order valence-electron chi connectivity index (χ2n) is 25.3. The van der Waals surface area contributed by atoms with Crippen molar-refractivity contribution in [2.45, 2.75) is 188 Å². The van der Waals surface area contributed by atoms with E-state index in [9.17, 15) is 43.0 Å². The lowest BCUT2D eigenvalue weighted by Gasteiger charge is -2.64. The van der Waals surface area contributed by atoms with Crippen LogP contribution in [0.1, 0.15) is 157 Å². The molecule has 1 aromatic heterocycles. The number of phenolic OH excluding ortho intramolecular Hbond substituents is 1. The first-order valence-corrected chi connectivity index (χ1v) is 30.7. The van der Waals surface area contributed by atoms with Crippen molar-refractivity contribution in [2.24, 2.45) is 11.8 Å². The highest BCUT2D eigenvalue weighted by Crippen LogP contribution is 2.65. The minimum atomic E-state index is -2.69. The van der Waals surface area contributed by atoms with E-state index in [2.05, 4.69) is 65.0 Å². The number of likely N-dealkylation sites (tertiary alicyclic amines) is 1. The van der Waals surface area contributed by atoms with Crippen molar-refractivity contribution >= 4 is 29.5 Å². The van der Waals surface area contributed by atoms with E-state index in [1.54, 1.807) is 6.07 Å². The van der Waals surface area contributed by atoms with E-state index >= 15 is 0 Å². The maximum Gasteiger partial charge on any atom is 0.248 e. The van der Waals surface area contributed by atoms with Crippen LogP contribution in [-0.4, -0.2) is 172 Å². The Kier molecular flexibility index (Phi) is 17.8. The Balaban J connectivity index is 0.557. The molecule has 6 fully saturated rings. The Morgan fingerprint density at radius 3 is 2.11 bits per heavy atom. The number of amides is 5. The number of carbonyl (C=O) groups is 5. The molecule has 0 radical (unpaired) electrons. The number of rotatable bonds is 26. The minimum Gasteiger partial charge on any atom is -0.504 e. The van der Waals surface area contributed by atoms with Gasteiger partial charge in [-0.05, 0) is 120 Å². The molecule has 11 rings (SSSR count). The van der Waals surface area contributed by atoms with E-state index in [0.717, 1.165) is 73.7 Å². The molecule has 1 spiro atoms. The lowest BCUT2D eigenvalue weighted by molar-refractivity contribution is -0.192. The van der Waals surface area contributed by atoms with Gasteiger partial charge in [-0.25, -0.2) is 8.78 Å². The smallest absolute Gasteiger partial charge is 0.248 e. The van der Waals surface area contributed by atoms with Gasteiger partial charge < -0.3 is 55.6 Å². The van der Waals surface area contributed by atoms with E-state index in [1.165, 1.54) is 12.8 Å². The first-order chi connectivity index (χ1) is 40.0. The number of piperidine rings is 2. The van der Waals surface area contributed by atoms with E-state index < -0.39 is 52.7 Å². The van der Waals surface area contributed by atoms with Crippen LogP contribution in [0, 0.1) is 11.8 Å². The van der Waals surface area contributed by atoms with Crippen LogP contribution in [0.25, 0.3) is 0 Å². The van der Waals surface area contributed by atoms with Gasteiger partial charge in [-0.1, -0.05) is 50.2 Å².